The first-order valence-electron chi connectivity index (χ1n) is 13.2. The summed E-state index contributed by atoms with van der Waals surface area (Å²) in [5.74, 6) is 1.58. The minimum absolute atomic E-state index is 0.0371. The second kappa shape index (κ2) is 12.0. The molecule has 0 saturated carbocycles. The molecule has 6 rings (SSSR count). The average molecular weight is 655 g/mol. The van der Waals surface area contributed by atoms with Crippen LogP contribution in [0.5, 0.6) is 17.2 Å². The van der Waals surface area contributed by atoms with E-state index in [0.717, 1.165) is 9.86 Å². The van der Waals surface area contributed by atoms with E-state index in [0.29, 0.717) is 50.6 Å². The highest BCUT2D eigenvalue weighted by atomic mass is 79.9. The summed E-state index contributed by atoms with van der Waals surface area (Å²) in [6, 6.07) is 23.9. The standard InChI is InChI=1S/C32H23BrN4O7/c1-41-27-13-20(14-28(42-2)30(27)43-18-19-6-5-7-23(12-19)37(39)40)17-34-36-31(35-25-9-4-3-8-24(25)32(36)38)29-16-21-15-22(33)10-11-26(21)44-29/h3-17H,18H2,1-2H3. The molecule has 44 heavy (non-hydrogen) atoms. The van der Waals surface area contributed by atoms with Gasteiger partial charge in [-0.15, -0.1) is 0 Å². The van der Waals surface area contributed by atoms with Gasteiger partial charge >= 0.3 is 0 Å². The van der Waals surface area contributed by atoms with Crippen molar-refractivity contribution < 1.29 is 23.6 Å². The minimum atomic E-state index is -0.464. The van der Waals surface area contributed by atoms with Gasteiger partial charge in [0.05, 0.1) is 36.3 Å². The van der Waals surface area contributed by atoms with Gasteiger partial charge in [0.15, 0.2) is 17.3 Å². The molecule has 4 aromatic carbocycles. The van der Waals surface area contributed by atoms with Gasteiger partial charge in [-0.2, -0.15) is 9.78 Å². The van der Waals surface area contributed by atoms with Crippen LogP contribution in [-0.2, 0) is 6.61 Å². The first-order chi connectivity index (χ1) is 21.3. The third kappa shape index (κ3) is 5.62. The molecule has 0 atom stereocenters. The van der Waals surface area contributed by atoms with Crippen molar-refractivity contribution in [1.29, 1.82) is 0 Å². The number of nitro benzene ring substituents is 1. The van der Waals surface area contributed by atoms with E-state index in [1.807, 2.05) is 30.3 Å². The monoisotopic (exact) mass is 654 g/mol. The summed E-state index contributed by atoms with van der Waals surface area (Å²) in [5.41, 5.74) is 1.87. The lowest BCUT2D eigenvalue weighted by Gasteiger charge is -2.15. The quantitative estimate of drug-likeness (QED) is 0.0929. The summed E-state index contributed by atoms with van der Waals surface area (Å²) in [7, 11) is 2.96. The number of hydrogen-bond acceptors (Lipinski definition) is 9. The van der Waals surface area contributed by atoms with E-state index in [9.17, 15) is 14.9 Å². The van der Waals surface area contributed by atoms with Gasteiger partial charge in [-0.25, -0.2) is 4.98 Å². The number of aromatic nitrogens is 2. The van der Waals surface area contributed by atoms with E-state index in [-0.39, 0.29) is 23.7 Å². The van der Waals surface area contributed by atoms with Crippen molar-refractivity contribution >= 4 is 49.7 Å². The fraction of sp³-hybridized carbons (Fsp3) is 0.0938. The fourth-order valence-electron chi connectivity index (χ4n) is 4.67. The van der Waals surface area contributed by atoms with E-state index in [1.54, 1.807) is 42.5 Å². The molecule has 0 bridgehead atoms. The third-order valence-corrected chi connectivity index (χ3v) is 7.26. The molecule has 2 heterocycles. The first-order valence-corrected chi connectivity index (χ1v) is 14.0. The number of rotatable bonds is 9. The molecule has 11 nitrogen and oxygen atoms in total. The van der Waals surface area contributed by atoms with Gasteiger partial charge in [-0.1, -0.05) is 40.2 Å². The topological polar surface area (TPSA) is 131 Å². The Morgan fingerprint density at radius 3 is 2.52 bits per heavy atom. The number of non-ortho nitro benzene ring substituents is 1. The van der Waals surface area contributed by atoms with Gasteiger partial charge in [0.1, 0.15) is 12.2 Å². The number of halogens is 1. The summed E-state index contributed by atoms with van der Waals surface area (Å²) in [6.07, 6.45) is 1.48. The van der Waals surface area contributed by atoms with E-state index in [1.165, 1.54) is 37.2 Å². The van der Waals surface area contributed by atoms with Crippen LogP contribution >= 0.6 is 15.9 Å². The fourth-order valence-corrected chi connectivity index (χ4v) is 5.05. The summed E-state index contributed by atoms with van der Waals surface area (Å²) >= 11 is 3.48. The van der Waals surface area contributed by atoms with Gasteiger partial charge < -0.3 is 18.6 Å². The van der Waals surface area contributed by atoms with Crippen LogP contribution in [0.4, 0.5) is 5.69 Å². The Balaban J connectivity index is 1.39. The zero-order valence-electron chi connectivity index (χ0n) is 23.4. The lowest BCUT2D eigenvalue weighted by atomic mass is 10.2. The molecule has 6 aromatic rings. The second-order valence-electron chi connectivity index (χ2n) is 9.58. The van der Waals surface area contributed by atoms with Crippen molar-refractivity contribution in [2.75, 3.05) is 14.2 Å². The van der Waals surface area contributed by atoms with E-state index < -0.39 is 4.92 Å². The van der Waals surface area contributed by atoms with E-state index in [2.05, 4.69) is 21.0 Å². The molecular weight excluding hydrogens is 632 g/mol. The van der Waals surface area contributed by atoms with Gasteiger partial charge in [0.2, 0.25) is 11.6 Å². The van der Waals surface area contributed by atoms with Crippen LogP contribution in [0.25, 0.3) is 33.5 Å². The highest BCUT2D eigenvalue weighted by molar-refractivity contribution is 9.10. The van der Waals surface area contributed by atoms with Crippen molar-refractivity contribution in [3.63, 3.8) is 0 Å². The minimum Gasteiger partial charge on any atom is -0.493 e. The van der Waals surface area contributed by atoms with Crippen molar-refractivity contribution in [2.24, 2.45) is 5.10 Å². The Labute approximate surface area is 258 Å². The molecule has 0 saturated heterocycles. The highest BCUT2D eigenvalue weighted by Crippen LogP contribution is 2.39. The number of ether oxygens (including phenoxy) is 3. The number of para-hydroxylation sites is 1. The molecule has 0 amide bonds. The molecular formula is C32H23BrN4O7. The number of methoxy groups -OCH3 is 2. The number of nitrogens with zero attached hydrogens (tertiary/aromatic N) is 4. The van der Waals surface area contributed by atoms with Crippen LogP contribution in [0.3, 0.4) is 0 Å². The zero-order chi connectivity index (χ0) is 30.8. The van der Waals surface area contributed by atoms with E-state index >= 15 is 0 Å². The van der Waals surface area contributed by atoms with Crippen LogP contribution < -0.4 is 19.8 Å². The third-order valence-electron chi connectivity index (χ3n) is 6.76. The number of fused-ring (bicyclic) bond motifs is 2. The van der Waals surface area contributed by atoms with E-state index in [4.69, 9.17) is 23.6 Å². The van der Waals surface area contributed by atoms with Crippen LogP contribution in [0, 0.1) is 10.1 Å². The summed E-state index contributed by atoms with van der Waals surface area (Å²) in [4.78, 5) is 29.1. The molecule has 0 N–H and O–H groups in total. The Bertz CT molecular complexity index is 2110. The predicted octanol–water partition coefficient (Wildman–Crippen LogP) is 6.96. The Kier molecular flexibility index (Phi) is 7.82. The SMILES string of the molecule is COc1cc(C=Nn2c(-c3cc4cc(Br)ccc4o3)nc3ccccc3c2=O)cc(OC)c1OCc1cccc([N+](=O)[O-])c1. The van der Waals surface area contributed by atoms with Gasteiger partial charge in [0, 0.05) is 27.6 Å². The number of furan rings is 1. The number of nitro groups is 1. The molecule has 0 radical (unpaired) electrons. The summed E-state index contributed by atoms with van der Waals surface area (Å²) < 4.78 is 25.3. The van der Waals surface area contributed by atoms with Crippen LogP contribution in [0.15, 0.2) is 104 Å². The predicted molar refractivity (Wildman–Crippen MR) is 169 cm³/mol. The lowest BCUT2D eigenvalue weighted by Crippen LogP contribution is -2.20. The van der Waals surface area contributed by atoms with Crippen molar-refractivity contribution in [2.45, 2.75) is 6.61 Å². The van der Waals surface area contributed by atoms with Gasteiger partial charge in [0.25, 0.3) is 11.2 Å². The largest absolute Gasteiger partial charge is 0.493 e. The van der Waals surface area contributed by atoms with Crippen molar-refractivity contribution in [3.05, 3.63) is 121 Å². The first kappa shape index (κ1) is 28.6. The number of benzene rings is 4. The maximum absolute atomic E-state index is 13.6. The molecule has 12 heteroatoms. The van der Waals surface area contributed by atoms with Crippen molar-refractivity contribution in [1.82, 2.24) is 9.66 Å². The molecule has 0 unspecified atom stereocenters. The molecule has 0 aliphatic rings. The van der Waals surface area contributed by atoms with Crippen LogP contribution in [-0.4, -0.2) is 35.0 Å². The Morgan fingerprint density at radius 2 is 1.77 bits per heavy atom. The maximum Gasteiger partial charge on any atom is 0.282 e. The number of hydrogen-bond donors (Lipinski definition) is 0. The Hall–Kier alpha value is -5.49. The highest BCUT2D eigenvalue weighted by Gasteiger charge is 2.18. The average Bonchev–Trinajstić information content (AvgIpc) is 3.46. The zero-order valence-corrected chi connectivity index (χ0v) is 25.0. The lowest BCUT2D eigenvalue weighted by molar-refractivity contribution is -0.384. The second-order valence-corrected chi connectivity index (χ2v) is 10.5. The molecule has 0 fully saturated rings. The normalized spacial score (nSPS) is 11.3. The van der Waals surface area contributed by atoms with Crippen LogP contribution in [0.1, 0.15) is 11.1 Å². The molecule has 2 aromatic heterocycles. The molecule has 220 valence electrons. The molecule has 0 spiro atoms. The van der Waals surface area contributed by atoms with Gasteiger partial charge in [-0.3, -0.25) is 14.9 Å². The maximum atomic E-state index is 13.6. The molecule has 0 aliphatic carbocycles. The van der Waals surface area contributed by atoms with Crippen molar-refractivity contribution in [3.8, 4) is 28.8 Å². The smallest absolute Gasteiger partial charge is 0.282 e. The summed E-state index contributed by atoms with van der Waals surface area (Å²) in [6.45, 7) is 0.0391. The summed E-state index contributed by atoms with van der Waals surface area (Å²) in [5, 5.41) is 16.9. The van der Waals surface area contributed by atoms with Crippen LogP contribution in [0.2, 0.25) is 0 Å². The Morgan fingerprint density at radius 1 is 1.00 bits per heavy atom. The van der Waals surface area contributed by atoms with Gasteiger partial charge in [-0.05, 0) is 54.1 Å². The molecule has 0 aliphatic heterocycles.